The molecule has 2 N–H and O–H groups in total. The molecule has 1 aromatic heterocycles. The number of carboxylic acid groups (broad SMARTS) is 1. The van der Waals surface area contributed by atoms with Gasteiger partial charge in [0.25, 0.3) is 0 Å². The first-order chi connectivity index (χ1) is 12.1. The Morgan fingerprint density at radius 3 is 2.84 bits per heavy atom. The number of aromatic carboxylic acids is 1. The highest BCUT2D eigenvalue weighted by Gasteiger charge is 2.25. The van der Waals surface area contributed by atoms with E-state index in [0.717, 1.165) is 48.0 Å². The predicted octanol–water partition coefficient (Wildman–Crippen LogP) is 3.64. The molecule has 4 rings (SSSR count). The number of fused-ring (bicyclic) bond motifs is 3. The number of benzene rings is 1. The monoisotopic (exact) mass is 338 g/mol. The Morgan fingerprint density at radius 1 is 1.20 bits per heavy atom. The Balaban J connectivity index is 1.58. The van der Waals surface area contributed by atoms with E-state index in [1.54, 1.807) is 12.1 Å². The second-order valence-corrected chi connectivity index (χ2v) is 7.00. The third kappa shape index (κ3) is 3.06. The standard InChI is InChI=1S/C20H22N2O3/c23-19(10-13-4-2-1-3-5-13)22-9-8-18-16(12-22)15-11-14(20(24)25)6-7-17(15)21-18/h4,6-7,11,21H,1-3,5,8-10,12H2,(H,24,25). The smallest absolute Gasteiger partial charge is 0.335 e. The number of aromatic nitrogens is 1. The molecule has 5 nitrogen and oxygen atoms in total. The summed E-state index contributed by atoms with van der Waals surface area (Å²) in [7, 11) is 0. The SMILES string of the molecule is O=C(O)c1ccc2[nH]c3c(c2c1)CN(C(=O)CC1=CCCCC1)CC3. The number of nitrogens with one attached hydrogen (secondary N) is 1. The van der Waals surface area contributed by atoms with Gasteiger partial charge in [-0.3, -0.25) is 4.79 Å². The molecular formula is C20H22N2O3. The van der Waals surface area contributed by atoms with Gasteiger partial charge in [-0.1, -0.05) is 11.6 Å². The Labute approximate surface area is 146 Å². The fraction of sp³-hybridized carbons (Fsp3) is 0.400. The number of amides is 1. The fourth-order valence-electron chi connectivity index (χ4n) is 3.93. The zero-order valence-corrected chi connectivity index (χ0v) is 14.2. The highest BCUT2D eigenvalue weighted by Crippen LogP contribution is 2.30. The molecule has 1 aliphatic heterocycles. The molecule has 25 heavy (non-hydrogen) atoms. The second kappa shape index (κ2) is 6.39. The van der Waals surface area contributed by atoms with Crippen LogP contribution >= 0.6 is 0 Å². The van der Waals surface area contributed by atoms with Crippen molar-refractivity contribution >= 4 is 22.8 Å². The highest BCUT2D eigenvalue weighted by atomic mass is 16.4. The molecule has 1 aromatic carbocycles. The predicted molar refractivity (Wildman–Crippen MR) is 95.5 cm³/mol. The first-order valence-electron chi connectivity index (χ1n) is 8.94. The quantitative estimate of drug-likeness (QED) is 0.839. The number of hydrogen-bond donors (Lipinski definition) is 2. The molecular weight excluding hydrogens is 316 g/mol. The first-order valence-corrected chi connectivity index (χ1v) is 8.94. The lowest BCUT2D eigenvalue weighted by molar-refractivity contribution is -0.131. The summed E-state index contributed by atoms with van der Waals surface area (Å²) in [6, 6.07) is 5.14. The topological polar surface area (TPSA) is 73.4 Å². The molecule has 130 valence electrons. The normalized spacial score (nSPS) is 17.3. The summed E-state index contributed by atoms with van der Waals surface area (Å²) in [5.74, 6) is -0.743. The van der Waals surface area contributed by atoms with Crippen LogP contribution in [0.15, 0.2) is 29.8 Å². The van der Waals surface area contributed by atoms with E-state index in [2.05, 4.69) is 11.1 Å². The van der Waals surface area contributed by atoms with Crippen LogP contribution in [0.5, 0.6) is 0 Å². The Hall–Kier alpha value is -2.56. The number of allylic oxidation sites excluding steroid dienone is 1. The van der Waals surface area contributed by atoms with Crippen LogP contribution < -0.4 is 0 Å². The van der Waals surface area contributed by atoms with Gasteiger partial charge < -0.3 is 15.0 Å². The van der Waals surface area contributed by atoms with Crippen LogP contribution in [-0.2, 0) is 17.8 Å². The third-order valence-electron chi connectivity index (χ3n) is 5.34. The minimum Gasteiger partial charge on any atom is -0.478 e. The Morgan fingerprint density at radius 2 is 2.08 bits per heavy atom. The molecule has 2 aromatic rings. The minimum atomic E-state index is -0.926. The van der Waals surface area contributed by atoms with Gasteiger partial charge in [-0.05, 0) is 43.9 Å². The number of carbonyl (C=O) groups is 2. The van der Waals surface area contributed by atoms with E-state index >= 15 is 0 Å². The second-order valence-electron chi connectivity index (χ2n) is 7.00. The summed E-state index contributed by atoms with van der Waals surface area (Å²) in [5.41, 5.74) is 4.69. The van der Waals surface area contributed by atoms with Crippen LogP contribution in [0.4, 0.5) is 0 Å². The molecule has 2 heterocycles. The van der Waals surface area contributed by atoms with Gasteiger partial charge in [-0.25, -0.2) is 4.79 Å². The van der Waals surface area contributed by atoms with Crippen molar-refractivity contribution in [2.24, 2.45) is 0 Å². The van der Waals surface area contributed by atoms with Gasteiger partial charge in [0.05, 0.1) is 5.56 Å². The molecule has 5 heteroatoms. The van der Waals surface area contributed by atoms with Gasteiger partial charge >= 0.3 is 5.97 Å². The van der Waals surface area contributed by atoms with Crippen molar-refractivity contribution in [3.63, 3.8) is 0 Å². The van der Waals surface area contributed by atoms with Gasteiger partial charge in [0.1, 0.15) is 0 Å². The van der Waals surface area contributed by atoms with Gasteiger partial charge in [-0.2, -0.15) is 0 Å². The van der Waals surface area contributed by atoms with Crippen molar-refractivity contribution < 1.29 is 14.7 Å². The van der Waals surface area contributed by atoms with E-state index in [1.165, 1.54) is 18.4 Å². The molecule has 0 bridgehead atoms. The van der Waals surface area contributed by atoms with E-state index < -0.39 is 5.97 Å². The van der Waals surface area contributed by atoms with Crippen LogP contribution in [-0.4, -0.2) is 33.4 Å². The van der Waals surface area contributed by atoms with Crippen molar-refractivity contribution in [3.05, 3.63) is 46.7 Å². The van der Waals surface area contributed by atoms with Crippen LogP contribution in [0.2, 0.25) is 0 Å². The number of nitrogens with zero attached hydrogens (tertiary/aromatic N) is 1. The average molecular weight is 338 g/mol. The van der Waals surface area contributed by atoms with Gasteiger partial charge in [0.15, 0.2) is 0 Å². The maximum Gasteiger partial charge on any atom is 0.335 e. The molecule has 2 aliphatic rings. The maximum atomic E-state index is 12.7. The summed E-state index contributed by atoms with van der Waals surface area (Å²) >= 11 is 0. The number of aromatic amines is 1. The molecule has 0 spiro atoms. The third-order valence-corrected chi connectivity index (χ3v) is 5.34. The molecule has 0 radical (unpaired) electrons. The van der Waals surface area contributed by atoms with Crippen molar-refractivity contribution in [2.45, 2.75) is 45.1 Å². The molecule has 0 unspecified atom stereocenters. The van der Waals surface area contributed by atoms with E-state index in [1.807, 2.05) is 11.0 Å². The summed E-state index contributed by atoms with van der Waals surface area (Å²) < 4.78 is 0. The van der Waals surface area contributed by atoms with Crippen molar-refractivity contribution in [1.29, 1.82) is 0 Å². The molecule has 0 saturated carbocycles. The van der Waals surface area contributed by atoms with Gasteiger partial charge in [0, 0.05) is 48.1 Å². The number of H-pyrrole nitrogens is 1. The van der Waals surface area contributed by atoms with Gasteiger partial charge in [0.2, 0.25) is 5.91 Å². The summed E-state index contributed by atoms with van der Waals surface area (Å²) in [6.07, 6.45) is 8.08. The number of carbonyl (C=O) groups excluding carboxylic acids is 1. The number of carboxylic acids is 1. The molecule has 0 fully saturated rings. The number of hydrogen-bond acceptors (Lipinski definition) is 2. The Bertz CT molecular complexity index is 878. The summed E-state index contributed by atoms with van der Waals surface area (Å²) in [5, 5.41) is 10.1. The fourth-order valence-corrected chi connectivity index (χ4v) is 3.93. The molecule has 0 atom stereocenters. The van der Waals surface area contributed by atoms with Crippen molar-refractivity contribution in [3.8, 4) is 0 Å². The Kier molecular flexibility index (Phi) is 4.07. The van der Waals surface area contributed by atoms with Gasteiger partial charge in [-0.15, -0.1) is 0 Å². The van der Waals surface area contributed by atoms with E-state index in [0.29, 0.717) is 13.0 Å². The zero-order valence-electron chi connectivity index (χ0n) is 14.2. The molecule has 0 saturated heterocycles. The lowest BCUT2D eigenvalue weighted by Crippen LogP contribution is -2.36. The largest absolute Gasteiger partial charge is 0.478 e. The van der Waals surface area contributed by atoms with Crippen molar-refractivity contribution in [2.75, 3.05) is 6.54 Å². The lowest BCUT2D eigenvalue weighted by atomic mass is 9.96. The van der Waals surface area contributed by atoms with Crippen LogP contribution in [0.1, 0.15) is 53.7 Å². The van der Waals surface area contributed by atoms with Crippen LogP contribution in [0.3, 0.4) is 0 Å². The maximum absolute atomic E-state index is 12.7. The highest BCUT2D eigenvalue weighted by molar-refractivity contribution is 5.95. The van der Waals surface area contributed by atoms with E-state index in [-0.39, 0.29) is 11.5 Å². The molecule has 1 amide bonds. The van der Waals surface area contributed by atoms with Crippen LogP contribution in [0, 0.1) is 0 Å². The average Bonchev–Trinajstić information content (AvgIpc) is 2.99. The minimum absolute atomic E-state index is 0.183. The van der Waals surface area contributed by atoms with E-state index in [9.17, 15) is 14.7 Å². The first kappa shape index (κ1) is 15.9. The molecule has 1 aliphatic carbocycles. The van der Waals surface area contributed by atoms with E-state index in [4.69, 9.17) is 0 Å². The van der Waals surface area contributed by atoms with Crippen molar-refractivity contribution in [1.82, 2.24) is 9.88 Å². The lowest BCUT2D eigenvalue weighted by Gasteiger charge is -2.28. The summed E-state index contributed by atoms with van der Waals surface area (Å²) in [4.78, 5) is 29.2. The van der Waals surface area contributed by atoms with Crippen LogP contribution in [0.25, 0.3) is 10.9 Å². The summed E-state index contributed by atoms with van der Waals surface area (Å²) in [6.45, 7) is 1.28. The number of rotatable bonds is 3. The zero-order chi connectivity index (χ0) is 17.4.